The largest absolute Gasteiger partial charge is 0.216 e. The third kappa shape index (κ3) is 1.92. The van der Waals surface area contributed by atoms with Crippen molar-refractivity contribution in [2.45, 2.75) is 27.2 Å². The number of benzene rings is 1. The van der Waals surface area contributed by atoms with Crippen molar-refractivity contribution in [3.05, 3.63) is 40.7 Å². The standard InChI is InChI=1S/C13H14N4/c1-4-12-11(8-14)15-16-17(12)13-6-5-9(2)7-10(13)3/h5-7H,4H2,1-3H3. The average Bonchev–Trinajstić information content (AvgIpc) is 2.71. The highest BCUT2D eigenvalue weighted by atomic mass is 15.4. The first kappa shape index (κ1) is 11.3. The van der Waals surface area contributed by atoms with Crippen LogP contribution >= 0.6 is 0 Å². The van der Waals surface area contributed by atoms with Crippen molar-refractivity contribution in [2.24, 2.45) is 0 Å². The molecule has 0 unspecified atom stereocenters. The van der Waals surface area contributed by atoms with Crippen molar-refractivity contribution in [2.75, 3.05) is 0 Å². The molecule has 1 heterocycles. The Balaban J connectivity index is 2.61. The third-order valence-corrected chi connectivity index (χ3v) is 2.78. The number of hydrogen-bond acceptors (Lipinski definition) is 3. The number of hydrogen-bond donors (Lipinski definition) is 0. The fourth-order valence-corrected chi connectivity index (χ4v) is 1.94. The topological polar surface area (TPSA) is 54.5 Å². The van der Waals surface area contributed by atoms with Crippen LogP contribution in [0.5, 0.6) is 0 Å². The van der Waals surface area contributed by atoms with Crippen LogP contribution in [0.1, 0.15) is 29.4 Å². The van der Waals surface area contributed by atoms with Gasteiger partial charge in [-0.2, -0.15) is 5.26 Å². The van der Waals surface area contributed by atoms with Crippen molar-refractivity contribution >= 4 is 0 Å². The van der Waals surface area contributed by atoms with E-state index >= 15 is 0 Å². The van der Waals surface area contributed by atoms with Gasteiger partial charge in [0.05, 0.1) is 11.4 Å². The van der Waals surface area contributed by atoms with E-state index in [0.29, 0.717) is 5.69 Å². The Bertz CT molecular complexity index is 590. The number of aryl methyl sites for hydroxylation is 2. The Hall–Kier alpha value is -2.15. The summed E-state index contributed by atoms with van der Waals surface area (Å²) in [6, 6.07) is 8.22. The third-order valence-electron chi connectivity index (χ3n) is 2.78. The van der Waals surface area contributed by atoms with Gasteiger partial charge in [0, 0.05) is 0 Å². The minimum atomic E-state index is 0.410. The molecule has 0 saturated carbocycles. The maximum Gasteiger partial charge on any atom is 0.186 e. The van der Waals surface area contributed by atoms with Crippen LogP contribution in [-0.4, -0.2) is 15.0 Å². The predicted molar refractivity (Wildman–Crippen MR) is 64.9 cm³/mol. The van der Waals surface area contributed by atoms with E-state index < -0.39 is 0 Å². The molecule has 2 aromatic rings. The molecular weight excluding hydrogens is 212 g/mol. The molecule has 2 rings (SSSR count). The lowest BCUT2D eigenvalue weighted by atomic mass is 10.1. The van der Waals surface area contributed by atoms with Crippen molar-refractivity contribution in [1.29, 1.82) is 5.26 Å². The Morgan fingerprint density at radius 2 is 2.12 bits per heavy atom. The van der Waals surface area contributed by atoms with Crippen LogP contribution in [-0.2, 0) is 6.42 Å². The minimum absolute atomic E-state index is 0.410. The van der Waals surface area contributed by atoms with Gasteiger partial charge < -0.3 is 0 Å². The van der Waals surface area contributed by atoms with Gasteiger partial charge in [-0.15, -0.1) is 5.10 Å². The second-order valence-electron chi connectivity index (χ2n) is 4.05. The van der Waals surface area contributed by atoms with Crippen LogP contribution in [0.2, 0.25) is 0 Å². The lowest BCUT2D eigenvalue weighted by Crippen LogP contribution is -2.04. The Kier molecular flexibility index (Phi) is 2.92. The molecule has 0 bridgehead atoms. The van der Waals surface area contributed by atoms with E-state index in [1.165, 1.54) is 5.56 Å². The van der Waals surface area contributed by atoms with Gasteiger partial charge in [-0.1, -0.05) is 29.8 Å². The number of aromatic nitrogens is 3. The SMILES string of the molecule is CCc1c(C#N)nnn1-c1ccc(C)cc1C. The normalized spacial score (nSPS) is 10.2. The van der Waals surface area contributed by atoms with E-state index in [1.807, 2.05) is 26.0 Å². The van der Waals surface area contributed by atoms with Crippen molar-refractivity contribution in [3.63, 3.8) is 0 Å². The lowest BCUT2D eigenvalue weighted by molar-refractivity contribution is 0.762. The van der Waals surface area contributed by atoms with E-state index in [0.717, 1.165) is 23.4 Å². The number of rotatable bonds is 2. The molecule has 0 spiro atoms. The molecule has 0 saturated heterocycles. The molecule has 4 heteroatoms. The summed E-state index contributed by atoms with van der Waals surface area (Å²) in [6.07, 6.45) is 0.739. The van der Waals surface area contributed by atoms with Crippen LogP contribution in [0.25, 0.3) is 5.69 Å². The summed E-state index contributed by atoms with van der Waals surface area (Å²) >= 11 is 0. The maximum absolute atomic E-state index is 8.96. The molecule has 0 aliphatic rings. The molecule has 0 radical (unpaired) electrons. The summed E-state index contributed by atoms with van der Waals surface area (Å²) in [4.78, 5) is 0. The molecular formula is C13H14N4. The summed E-state index contributed by atoms with van der Waals surface area (Å²) < 4.78 is 1.76. The first-order chi connectivity index (χ1) is 8.17. The van der Waals surface area contributed by atoms with Crippen LogP contribution in [0.3, 0.4) is 0 Å². The second kappa shape index (κ2) is 4.38. The van der Waals surface area contributed by atoms with Crippen LogP contribution in [0.15, 0.2) is 18.2 Å². The zero-order valence-corrected chi connectivity index (χ0v) is 10.2. The van der Waals surface area contributed by atoms with Gasteiger partial charge in [0.2, 0.25) is 0 Å². The smallest absolute Gasteiger partial charge is 0.186 e. The molecule has 86 valence electrons. The van der Waals surface area contributed by atoms with Crippen LogP contribution < -0.4 is 0 Å². The Labute approximate surface area is 101 Å². The van der Waals surface area contributed by atoms with Gasteiger partial charge in [-0.25, -0.2) is 4.68 Å². The summed E-state index contributed by atoms with van der Waals surface area (Å²) in [7, 11) is 0. The van der Waals surface area contributed by atoms with Crippen molar-refractivity contribution in [1.82, 2.24) is 15.0 Å². The maximum atomic E-state index is 8.96. The lowest BCUT2D eigenvalue weighted by Gasteiger charge is -2.08. The summed E-state index contributed by atoms with van der Waals surface area (Å²) in [5, 5.41) is 16.9. The molecule has 1 aromatic heterocycles. The zero-order chi connectivity index (χ0) is 12.4. The first-order valence-electron chi connectivity index (χ1n) is 5.59. The van der Waals surface area contributed by atoms with Crippen LogP contribution in [0, 0.1) is 25.2 Å². The molecule has 0 N–H and O–H groups in total. The van der Waals surface area contributed by atoms with E-state index in [4.69, 9.17) is 5.26 Å². The molecule has 0 atom stereocenters. The van der Waals surface area contributed by atoms with E-state index in [2.05, 4.69) is 29.4 Å². The van der Waals surface area contributed by atoms with Crippen molar-refractivity contribution in [3.8, 4) is 11.8 Å². The molecule has 0 aliphatic heterocycles. The molecule has 0 fully saturated rings. The van der Waals surface area contributed by atoms with Crippen LogP contribution in [0.4, 0.5) is 0 Å². The summed E-state index contributed by atoms with van der Waals surface area (Å²) in [5.74, 6) is 0. The fourth-order valence-electron chi connectivity index (χ4n) is 1.94. The molecule has 0 aliphatic carbocycles. The monoisotopic (exact) mass is 226 g/mol. The quantitative estimate of drug-likeness (QED) is 0.789. The fraction of sp³-hybridized carbons (Fsp3) is 0.308. The first-order valence-corrected chi connectivity index (χ1v) is 5.59. The summed E-state index contributed by atoms with van der Waals surface area (Å²) in [5.41, 5.74) is 4.60. The Morgan fingerprint density at radius 1 is 1.35 bits per heavy atom. The van der Waals surface area contributed by atoms with E-state index in [9.17, 15) is 0 Å². The predicted octanol–water partition coefficient (Wildman–Crippen LogP) is 2.32. The number of nitriles is 1. The highest BCUT2D eigenvalue weighted by Gasteiger charge is 2.13. The molecule has 17 heavy (non-hydrogen) atoms. The average molecular weight is 226 g/mol. The molecule has 4 nitrogen and oxygen atoms in total. The zero-order valence-electron chi connectivity index (χ0n) is 10.2. The van der Waals surface area contributed by atoms with Gasteiger partial charge in [0.25, 0.3) is 0 Å². The molecule has 1 aromatic carbocycles. The minimum Gasteiger partial charge on any atom is -0.216 e. The highest BCUT2D eigenvalue weighted by Crippen LogP contribution is 2.18. The van der Waals surface area contributed by atoms with Crippen molar-refractivity contribution < 1.29 is 0 Å². The van der Waals surface area contributed by atoms with Gasteiger partial charge >= 0.3 is 0 Å². The number of nitrogens with zero attached hydrogens (tertiary/aromatic N) is 4. The van der Waals surface area contributed by atoms with E-state index in [-0.39, 0.29) is 0 Å². The molecule has 0 amide bonds. The van der Waals surface area contributed by atoms with Gasteiger partial charge in [-0.05, 0) is 31.9 Å². The van der Waals surface area contributed by atoms with Gasteiger partial charge in [0.1, 0.15) is 6.07 Å². The van der Waals surface area contributed by atoms with Gasteiger partial charge in [-0.3, -0.25) is 0 Å². The Morgan fingerprint density at radius 3 is 2.71 bits per heavy atom. The van der Waals surface area contributed by atoms with Gasteiger partial charge in [0.15, 0.2) is 5.69 Å². The second-order valence-corrected chi connectivity index (χ2v) is 4.05. The summed E-state index contributed by atoms with van der Waals surface area (Å²) in [6.45, 7) is 6.09. The highest BCUT2D eigenvalue weighted by molar-refractivity contribution is 5.44. The van der Waals surface area contributed by atoms with E-state index in [1.54, 1.807) is 4.68 Å².